The van der Waals surface area contributed by atoms with Gasteiger partial charge in [-0.25, -0.2) is 4.98 Å². The molecule has 0 aliphatic carbocycles. The Morgan fingerprint density at radius 2 is 2.00 bits per heavy atom. The Morgan fingerprint density at radius 3 is 2.61 bits per heavy atom. The predicted molar refractivity (Wildman–Crippen MR) is 75.1 cm³/mol. The van der Waals surface area contributed by atoms with Crippen LogP contribution in [0.4, 0.5) is 5.82 Å². The van der Waals surface area contributed by atoms with Gasteiger partial charge in [-0.2, -0.15) is 0 Å². The lowest BCUT2D eigenvalue weighted by atomic mass is 9.90. The number of hydrogen-bond donors (Lipinski definition) is 0. The molecule has 1 saturated heterocycles. The Labute approximate surface area is 110 Å². The molecule has 2 heterocycles. The standard InChI is InChI=1S/C15H24N2O/c1-4-13(12(2)3)14-6-5-7-15(16-14)17-8-10-18-11-9-17/h5-7,12-13H,4,8-11H2,1-3H3. The number of morpholine rings is 1. The summed E-state index contributed by atoms with van der Waals surface area (Å²) >= 11 is 0. The Hall–Kier alpha value is -1.09. The summed E-state index contributed by atoms with van der Waals surface area (Å²) in [7, 11) is 0. The van der Waals surface area contributed by atoms with Crippen LogP contribution < -0.4 is 4.90 Å². The molecule has 0 N–H and O–H groups in total. The van der Waals surface area contributed by atoms with Crippen molar-refractivity contribution in [3.8, 4) is 0 Å². The first kappa shape index (κ1) is 13.3. The Balaban J connectivity index is 2.18. The highest BCUT2D eigenvalue weighted by molar-refractivity contribution is 5.40. The highest BCUT2D eigenvalue weighted by Gasteiger charge is 2.17. The average Bonchev–Trinajstić information content (AvgIpc) is 2.40. The van der Waals surface area contributed by atoms with Crippen LogP contribution in [0, 0.1) is 5.92 Å². The maximum Gasteiger partial charge on any atom is 0.128 e. The van der Waals surface area contributed by atoms with Crippen molar-refractivity contribution in [3.63, 3.8) is 0 Å². The van der Waals surface area contributed by atoms with Crippen LogP contribution in [-0.4, -0.2) is 31.3 Å². The van der Waals surface area contributed by atoms with Gasteiger partial charge in [-0.1, -0.05) is 26.8 Å². The molecular formula is C15H24N2O. The monoisotopic (exact) mass is 248 g/mol. The first-order chi connectivity index (χ1) is 8.72. The number of nitrogens with zero attached hydrogens (tertiary/aromatic N) is 2. The molecule has 0 radical (unpaired) electrons. The van der Waals surface area contributed by atoms with Crippen LogP contribution in [0.1, 0.15) is 38.8 Å². The molecule has 1 aliphatic heterocycles. The molecule has 1 aromatic rings. The van der Waals surface area contributed by atoms with Crippen molar-refractivity contribution in [1.82, 2.24) is 4.98 Å². The lowest BCUT2D eigenvalue weighted by Gasteiger charge is -2.29. The minimum absolute atomic E-state index is 0.561. The van der Waals surface area contributed by atoms with Crippen molar-refractivity contribution in [1.29, 1.82) is 0 Å². The summed E-state index contributed by atoms with van der Waals surface area (Å²) in [6.07, 6.45) is 1.15. The normalized spacial score (nSPS) is 18.1. The van der Waals surface area contributed by atoms with Crippen molar-refractivity contribution >= 4 is 5.82 Å². The zero-order valence-electron chi connectivity index (χ0n) is 11.7. The van der Waals surface area contributed by atoms with Crippen LogP contribution in [0.2, 0.25) is 0 Å². The molecule has 0 spiro atoms. The van der Waals surface area contributed by atoms with Gasteiger partial charge in [0.15, 0.2) is 0 Å². The number of anilines is 1. The molecule has 100 valence electrons. The number of ether oxygens (including phenoxy) is 1. The highest BCUT2D eigenvalue weighted by atomic mass is 16.5. The minimum atomic E-state index is 0.561. The van der Waals surface area contributed by atoms with E-state index in [1.54, 1.807) is 0 Å². The maximum atomic E-state index is 5.39. The van der Waals surface area contributed by atoms with Crippen LogP contribution in [0.3, 0.4) is 0 Å². The third-order valence-electron chi connectivity index (χ3n) is 3.72. The Kier molecular flexibility index (Phi) is 4.59. The molecular weight excluding hydrogens is 224 g/mol. The summed E-state index contributed by atoms with van der Waals surface area (Å²) in [6, 6.07) is 6.41. The second-order valence-corrected chi connectivity index (χ2v) is 5.28. The lowest BCUT2D eigenvalue weighted by molar-refractivity contribution is 0.122. The topological polar surface area (TPSA) is 25.4 Å². The smallest absolute Gasteiger partial charge is 0.128 e. The van der Waals surface area contributed by atoms with Gasteiger partial charge in [0.1, 0.15) is 5.82 Å². The van der Waals surface area contributed by atoms with Gasteiger partial charge in [0.25, 0.3) is 0 Å². The molecule has 2 rings (SSSR count). The van der Waals surface area contributed by atoms with Crippen LogP contribution in [0.5, 0.6) is 0 Å². The fraction of sp³-hybridized carbons (Fsp3) is 0.667. The van der Waals surface area contributed by atoms with Crippen molar-refractivity contribution in [2.24, 2.45) is 5.92 Å². The van der Waals surface area contributed by atoms with E-state index >= 15 is 0 Å². The first-order valence-corrected chi connectivity index (χ1v) is 7.02. The molecule has 1 atom stereocenters. The van der Waals surface area contributed by atoms with E-state index in [2.05, 4.69) is 43.9 Å². The van der Waals surface area contributed by atoms with E-state index in [4.69, 9.17) is 9.72 Å². The maximum absolute atomic E-state index is 5.39. The Morgan fingerprint density at radius 1 is 1.28 bits per heavy atom. The summed E-state index contributed by atoms with van der Waals surface area (Å²) in [6.45, 7) is 10.3. The van der Waals surface area contributed by atoms with Gasteiger partial charge >= 0.3 is 0 Å². The third-order valence-corrected chi connectivity index (χ3v) is 3.72. The fourth-order valence-corrected chi connectivity index (χ4v) is 2.64. The quantitative estimate of drug-likeness (QED) is 0.819. The van der Waals surface area contributed by atoms with Gasteiger partial charge in [0, 0.05) is 24.7 Å². The number of hydrogen-bond acceptors (Lipinski definition) is 3. The summed E-state index contributed by atoms with van der Waals surface area (Å²) in [5.41, 5.74) is 1.23. The van der Waals surface area contributed by atoms with Crippen molar-refractivity contribution < 1.29 is 4.74 Å². The van der Waals surface area contributed by atoms with Gasteiger partial charge in [0.2, 0.25) is 0 Å². The van der Waals surface area contributed by atoms with E-state index in [1.165, 1.54) is 5.69 Å². The third kappa shape index (κ3) is 3.02. The first-order valence-electron chi connectivity index (χ1n) is 7.02. The largest absolute Gasteiger partial charge is 0.378 e. The lowest BCUT2D eigenvalue weighted by Crippen LogP contribution is -2.36. The number of aromatic nitrogens is 1. The molecule has 1 aliphatic rings. The van der Waals surface area contributed by atoms with Crippen LogP contribution in [-0.2, 0) is 4.74 Å². The number of rotatable bonds is 4. The summed E-state index contributed by atoms with van der Waals surface area (Å²) in [5.74, 6) is 2.31. The van der Waals surface area contributed by atoms with E-state index < -0.39 is 0 Å². The molecule has 18 heavy (non-hydrogen) atoms. The molecule has 1 aromatic heterocycles. The van der Waals surface area contributed by atoms with Crippen LogP contribution in [0.15, 0.2) is 18.2 Å². The van der Waals surface area contributed by atoms with Gasteiger partial charge in [-0.15, -0.1) is 0 Å². The van der Waals surface area contributed by atoms with Crippen molar-refractivity contribution in [3.05, 3.63) is 23.9 Å². The zero-order chi connectivity index (χ0) is 13.0. The molecule has 3 nitrogen and oxygen atoms in total. The molecule has 1 unspecified atom stereocenters. The molecule has 1 fully saturated rings. The highest BCUT2D eigenvalue weighted by Crippen LogP contribution is 2.27. The van der Waals surface area contributed by atoms with E-state index in [0.717, 1.165) is 38.5 Å². The van der Waals surface area contributed by atoms with E-state index in [9.17, 15) is 0 Å². The molecule has 0 aromatic carbocycles. The van der Waals surface area contributed by atoms with Gasteiger partial charge in [0.05, 0.1) is 13.2 Å². The van der Waals surface area contributed by atoms with E-state index in [-0.39, 0.29) is 0 Å². The average molecular weight is 248 g/mol. The second kappa shape index (κ2) is 6.19. The van der Waals surface area contributed by atoms with Crippen LogP contribution >= 0.6 is 0 Å². The molecule has 0 bridgehead atoms. The van der Waals surface area contributed by atoms with Crippen molar-refractivity contribution in [2.75, 3.05) is 31.2 Å². The van der Waals surface area contributed by atoms with E-state index in [1.807, 2.05) is 0 Å². The minimum Gasteiger partial charge on any atom is -0.378 e. The van der Waals surface area contributed by atoms with Gasteiger partial charge in [-0.05, 0) is 24.5 Å². The van der Waals surface area contributed by atoms with Gasteiger partial charge in [-0.3, -0.25) is 0 Å². The summed E-state index contributed by atoms with van der Waals surface area (Å²) in [4.78, 5) is 7.18. The molecule has 0 saturated carbocycles. The van der Waals surface area contributed by atoms with E-state index in [0.29, 0.717) is 11.8 Å². The van der Waals surface area contributed by atoms with Crippen molar-refractivity contribution in [2.45, 2.75) is 33.1 Å². The Bertz CT molecular complexity index is 373. The summed E-state index contributed by atoms with van der Waals surface area (Å²) in [5, 5.41) is 0. The number of pyridine rings is 1. The molecule has 3 heteroatoms. The zero-order valence-corrected chi connectivity index (χ0v) is 11.7. The predicted octanol–water partition coefficient (Wildman–Crippen LogP) is 3.07. The second-order valence-electron chi connectivity index (χ2n) is 5.28. The van der Waals surface area contributed by atoms with Crippen LogP contribution in [0.25, 0.3) is 0 Å². The SMILES string of the molecule is CCC(c1cccc(N2CCOCC2)n1)C(C)C. The molecule has 0 amide bonds. The fourth-order valence-electron chi connectivity index (χ4n) is 2.64. The summed E-state index contributed by atoms with van der Waals surface area (Å²) < 4.78 is 5.39. The van der Waals surface area contributed by atoms with Gasteiger partial charge < -0.3 is 9.64 Å².